The normalized spacial score (nSPS) is 14.8. The van der Waals surface area contributed by atoms with Gasteiger partial charge in [0.05, 0.1) is 0 Å². The fraction of sp³-hybridized carbons (Fsp3) is 0.308. The van der Waals surface area contributed by atoms with Gasteiger partial charge in [-0.15, -0.1) is 0 Å². The van der Waals surface area contributed by atoms with Crippen LogP contribution in [-0.2, 0) is 20.9 Å². The molecule has 106 valence electrons. The molecule has 1 heterocycles. The van der Waals surface area contributed by atoms with Crippen LogP contribution in [0.3, 0.4) is 0 Å². The van der Waals surface area contributed by atoms with Crippen molar-refractivity contribution in [3.8, 4) is 0 Å². The molecule has 0 saturated carbocycles. The first-order chi connectivity index (χ1) is 9.56. The summed E-state index contributed by atoms with van der Waals surface area (Å²) in [4.78, 5) is 34.1. The molecule has 3 amide bonds. The number of hydrogen-bond donors (Lipinski definition) is 3. The van der Waals surface area contributed by atoms with Gasteiger partial charge in [-0.1, -0.05) is 12.1 Å². The number of hydrazine groups is 1. The van der Waals surface area contributed by atoms with Crippen molar-refractivity contribution in [2.75, 3.05) is 0 Å². The van der Waals surface area contributed by atoms with E-state index < -0.39 is 17.7 Å². The lowest BCUT2D eigenvalue weighted by molar-refractivity contribution is -0.128. The molecule has 20 heavy (non-hydrogen) atoms. The van der Waals surface area contributed by atoms with Crippen LogP contribution in [0.15, 0.2) is 24.3 Å². The van der Waals surface area contributed by atoms with Crippen LogP contribution >= 0.6 is 0 Å². The standard InChI is InChI=1S/C13H14FN3O3/c14-9-3-1-8(2-4-9)7-15-11(18)6-5-10-12(19)16-17-13(10)20/h1-4,10H,5-7H2,(H,15,18)(H,16,19)(H,17,20). The molecule has 3 N–H and O–H groups in total. The minimum Gasteiger partial charge on any atom is -0.352 e. The van der Waals surface area contributed by atoms with E-state index in [0.29, 0.717) is 0 Å². The van der Waals surface area contributed by atoms with E-state index in [2.05, 4.69) is 16.2 Å². The molecule has 1 saturated heterocycles. The fourth-order valence-electron chi connectivity index (χ4n) is 1.85. The molecule has 1 aromatic rings. The lowest BCUT2D eigenvalue weighted by Gasteiger charge is -2.06. The van der Waals surface area contributed by atoms with E-state index in [1.54, 1.807) is 12.1 Å². The Labute approximate surface area is 114 Å². The van der Waals surface area contributed by atoms with E-state index in [9.17, 15) is 18.8 Å². The maximum absolute atomic E-state index is 12.7. The van der Waals surface area contributed by atoms with E-state index in [0.717, 1.165) is 5.56 Å². The first-order valence-corrected chi connectivity index (χ1v) is 6.17. The average Bonchev–Trinajstić information content (AvgIpc) is 2.75. The molecule has 0 aromatic heterocycles. The molecule has 0 spiro atoms. The van der Waals surface area contributed by atoms with Crippen LogP contribution in [0.1, 0.15) is 18.4 Å². The van der Waals surface area contributed by atoms with E-state index in [-0.39, 0.29) is 31.1 Å². The quantitative estimate of drug-likeness (QED) is 0.663. The molecule has 0 atom stereocenters. The Balaban J connectivity index is 1.74. The summed E-state index contributed by atoms with van der Waals surface area (Å²) < 4.78 is 12.7. The zero-order valence-electron chi connectivity index (χ0n) is 10.6. The molecule has 1 aliphatic rings. The molecule has 0 aliphatic carbocycles. The van der Waals surface area contributed by atoms with Crippen molar-refractivity contribution in [1.82, 2.24) is 16.2 Å². The Hall–Kier alpha value is -2.44. The first-order valence-electron chi connectivity index (χ1n) is 6.17. The summed E-state index contributed by atoms with van der Waals surface area (Å²) in [6.45, 7) is 0.280. The molecular formula is C13H14FN3O3. The number of halogens is 1. The zero-order chi connectivity index (χ0) is 14.5. The van der Waals surface area contributed by atoms with Gasteiger partial charge in [-0.2, -0.15) is 0 Å². The second-order valence-corrected chi connectivity index (χ2v) is 4.47. The number of carbonyl (C=O) groups is 3. The van der Waals surface area contributed by atoms with Crippen molar-refractivity contribution in [2.45, 2.75) is 19.4 Å². The summed E-state index contributed by atoms with van der Waals surface area (Å²) in [6, 6.07) is 5.78. The molecule has 0 bridgehead atoms. The van der Waals surface area contributed by atoms with Gasteiger partial charge in [0, 0.05) is 13.0 Å². The van der Waals surface area contributed by atoms with Crippen LogP contribution in [-0.4, -0.2) is 17.7 Å². The summed E-state index contributed by atoms with van der Waals surface area (Å²) in [6.07, 6.45) is 0.236. The minimum absolute atomic E-state index is 0.0761. The Morgan fingerprint density at radius 2 is 1.75 bits per heavy atom. The van der Waals surface area contributed by atoms with Gasteiger partial charge in [0.1, 0.15) is 11.7 Å². The topological polar surface area (TPSA) is 87.3 Å². The SMILES string of the molecule is O=C(CCC1C(=O)NNC1=O)NCc1ccc(F)cc1. The largest absolute Gasteiger partial charge is 0.352 e. The Bertz CT molecular complexity index is 514. The van der Waals surface area contributed by atoms with Crippen LogP contribution in [0.25, 0.3) is 0 Å². The predicted molar refractivity (Wildman–Crippen MR) is 67.3 cm³/mol. The zero-order valence-corrected chi connectivity index (χ0v) is 10.6. The van der Waals surface area contributed by atoms with Gasteiger partial charge in [0.15, 0.2) is 0 Å². The lowest BCUT2D eigenvalue weighted by Crippen LogP contribution is -2.28. The highest BCUT2D eigenvalue weighted by molar-refractivity contribution is 6.05. The van der Waals surface area contributed by atoms with Crippen molar-refractivity contribution in [3.05, 3.63) is 35.6 Å². The number of amides is 3. The molecule has 7 heteroatoms. The highest BCUT2D eigenvalue weighted by atomic mass is 19.1. The van der Waals surface area contributed by atoms with Gasteiger partial charge >= 0.3 is 0 Å². The number of benzene rings is 1. The number of hydrogen-bond acceptors (Lipinski definition) is 3. The van der Waals surface area contributed by atoms with Crippen molar-refractivity contribution >= 4 is 17.7 Å². The Kier molecular flexibility index (Phi) is 4.29. The highest BCUT2D eigenvalue weighted by Crippen LogP contribution is 2.10. The summed E-state index contributed by atoms with van der Waals surface area (Å²) in [5, 5.41) is 2.65. The maximum atomic E-state index is 12.7. The van der Waals surface area contributed by atoms with Crippen LogP contribution in [0.5, 0.6) is 0 Å². The van der Waals surface area contributed by atoms with Crippen LogP contribution < -0.4 is 16.2 Å². The van der Waals surface area contributed by atoms with Gasteiger partial charge in [-0.05, 0) is 24.1 Å². The molecule has 0 radical (unpaired) electrons. The highest BCUT2D eigenvalue weighted by Gasteiger charge is 2.32. The second kappa shape index (κ2) is 6.14. The molecule has 1 aromatic carbocycles. The summed E-state index contributed by atoms with van der Waals surface area (Å²) >= 11 is 0. The third-order valence-electron chi connectivity index (χ3n) is 3.00. The predicted octanol–water partition coefficient (Wildman–Crippen LogP) is -0.000700. The van der Waals surface area contributed by atoms with Crippen LogP contribution in [0.2, 0.25) is 0 Å². The number of carbonyl (C=O) groups excluding carboxylic acids is 3. The minimum atomic E-state index is -0.813. The third kappa shape index (κ3) is 3.53. The Morgan fingerprint density at radius 3 is 2.35 bits per heavy atom. The van der Waals surface area contributed by atoms with Crippen LogP contribution in [0, 0.1) is 11.7 Å². The number of nitrogens with one attached hydrogen (secondary N) is 3. The lowest BCUT2D eigenvalue weighted by atomic mass is 10.0. The van der Waals surface area contributed by atoms with Crippen molar-refractivity contribution < 1.29 is 18.8 Å². The molecule has 1 fully saturated rings. The second-order valence-electron chi connectivity index (χ2n) is 4.47. The number of rotatable bonds is 5. The average molecular weight is 279 g/mol. The van der Waals surface area contributed by atoms with Gasteiger partial charge in [0.25, 0.3) is 11.8 Å². The molecule has 0 unspecified atom stereocenters. The van der Waals surface area contributed by atoms with E-state index in [1.807, 2.05) is 0 Å². The van der Waals surface area contributed by atoms with Gasteiger partial charge in [-0.3, -0.25) is 25.2 Å². The fourth-order valence-corrected chi connectivity index (χ4v) is 1.85. The van der Waals surface area contributed by atoms with Crippen molar-refractivity contribution in [3.63, 3.8) is 0 Å². The molecule has 6 nitrogen and oxygen atoms in total. The summed E-state index contributed by atoms with van der Waals surface area (Å²) in [7, 11) is 0. The Morgan fingerprint density at radius 1 is 1.15 bits per heavy atom. The monoisotopic (exact) mass is 279 g/mol. The van der Waals surface area contributed by atoms with Crippen molar-refractivity contribution in [1.29, 1.82) is 0 Å². The molecule has 2 rings (SSSR count). The first kappa shape index (κ1) is 14.0. The van der Waals surface area contributed by atoms with E-state index in [1.165, 1.54) is 12.1 Å². The third-order valence-corrected chi connectivity index (χ3v) is 3.00. The van der Waals surface area contributed by atoms with E-state index >= 15 is 0 Å². The van der Waals surface area contributed by atoms with Gasteiger partial charge in [-0.25, -0.2) is 4.39 Å². The van der Waals surface area contributed by atoms with Crippen molar-refractivity contribution in [2.24, 2.45) is 5.92 Å². The van der Waals surface area contributed by atoms with Crippen LogP contribution in [0.4, 0.5) is 4.39 Å². The summed E-state index contributed by atoms with van der Waals surface area (Å²) in [5.41, 5.74) is 5.18. The molecule has 1 aliphatic heterocycles. The van der Waals surface area contributed by atoms with E-state index in [4.69, 9.17) is 0 Å². The summed E-state index contributed by atoms with van der Waals surface area (Å²) in [5.74, 6) is -2.24. The smallest absolute Gasteiger partial charge is 0.251 e. The van der Waals surface area contributed by atoms with Gasteiger partial charge in [0.2, 0.25) is 5.91 Å². The maximum Gasteiger partial charge on any atom is 0.251 e. The molecular weight excluding hydrogens is 265 g/mol. The van der Waals surface area contributed by atoms with Gasteiger partial charge < -0.3 is 5.32 Å².